The Morgan fingerprint density at radius 2 is 0.694 bits per heavy atom. The molecule has 0 unspecified atom stereocenters. The molecule has 6 aliphatic rings. The van der Waals surface area contributed by atoms with Gasteiger partial charge >= 0.3 is 0 Å². The largest absolute Gasteiger partial charge is 0.380 e. The Balaban J connectivity index is 0.000000146. The second kappa shape index (κ2) is 34.3. The number of fused-ring (bicyclic) bond motifs is 9. The van der Waals surface area contributed by atoms with Gasteiger partial charge in [0.15, 0.2) is 0 Å². The molecule has 0 saturated carbocycles. The number of likely N-dealkylation sites (tertiary alicyclic amines) is 3. The van der Waals surface area contributed by atoms with Crippen LogP contribution < -0.4 is 16.0 Å². The maximum atomic E-state index is 15.8. The Labute approximate surface area is 642 Å². The van der Waals surface area contributed by atoms with E-state index in [1.807, 2.05) is 93.6 Å². The number of hydrogen-bond acceptors (Lipinski definition) is 10. The molecular weight excluding hydrogens is 1480 g/mol. The Kier molecular flexibility index (Phi) is 25.2. The van der Waals surface area contributed by atoms with Crippen molar-refractivity contribution < 1.29 is 65.9 Å². The summed E-state index contributed by atoms with van der Waals surface area (Å²) >= 11 is 1.57. The third kappa shape index (κ3) is 17.7. The maximum absolute atomic E-state index is 15.8. The van der Waals surface area contributed by atoms with Crippen LogP contribution in [0.15, 0.2) is 109 Å². The number of nitrogens with zero attached hydrogens (tertiary/aromatic N) is 6. The fraction of sp³-hybridized carbons (Fsp3) is 0.500. The molecule has 6 atom stereocenters. The molecule has 9 aromatic rings. The summed E-state index contributed by atoms with van der Waals surface area (Å²) in [6.07, 6.45) is 1.83. The second-order valence-corrected chi connectivity index (χ2v) is 32.2. The minimum Gasteiger partial charge on any atom is -0.380 e. The number of aromatic amines is 2. The monoisotopic (exact) mass is 1580 g/mol. The van der Waals surface area contributed by atoms with E-state index < -0.39 is 90.4 Å². The molecular formula is C84H98F15N11S. The highest BCUT2D eigenvalue weighted by atomic mass is 32.1. The number of para-hydroxylation sites is 2. The molecule has 0 amide bonds. The van der Waals surface area contributed by atoms with Crippen molar-refractivity contribution in [3.8, 4) is 0 Å². The average molecular weight is 1580 g/mol. The lowest BCUT2D eigenvalue weighted by Gasteiger charge is -2.43. The Hall–Kier alpha value is -7.53. The van der Waals surface area contributed by atoms with Crippen LogP contribution in [0.1, 0.15) is 148 Å². The molecule has 0 aliphatic carbocycles. The molecule has 0 spiro atoms. The molecule has 3 aromatic heterocycles. The van der Waals surface area contributed by atoms with Gasteiger partial charge in [-0.05, 0) is 112 Å². The van der Waals surface area contributed by atoms with Crippen LogP contribution in [0.5, 0.6) is 0 Å². The van der Waals surface area contributed by atoms with E-state index in [0.717, 1.165) is 53.7 Å². The van der Waals surface area contributed by atoms with E-state index >= 15 is 26.3 Å². The number of hydrogen-bond donors (Lipinski definition) is 5. The fourth-order valence-electron chi connectivity index (χ4n) is 17.1. The zero-order chi connectivity index (χ0) is 79.0. The van der Waals surface area contributed by atoms with Gasteiger partial charge in [-0.2, -0.15) is 0 Å². The van der Waals surface area contributed by atoms with Gasteiger partial charge in [0.05, 0.1) is 75.9 Å². The normalized spacial score (nSPS) is 21.3. The van der Waals surface area contributed by atoms with Crippen LogP contribution in [0.3, 0.4) is 0 Å². The minimum atomic E-state index is -3.00. The van der Waals surface area contributed by atoms with Crippen LogP contribution in [0, 0.1) is 34.9 Å². The van der Waals surface area contributed by atoms with Crippen molar-refractivity contribution in [3.63, 3.8) is 0 Å². The molecule has 15 rings (SSSR count). The van der Waals surface area contributed by atoms with Gasteiger partial charge in [0.25, 0.3) is 17.8 Å². The molecule has 600 valence electrons. The lowest BCUT2D eigenvalue weighted by Crippen LogP contribution is -2.54. The van der Waals surface area contributed by atoms with E-state index in [4.69, 9.17) is 0 Å². The number of H-pyrrole nitrogens is 2. The highest BCUT2D eigenvalue weighted by molar-refractivity contribution is 7.19. The molecule has 6 aromatic carbocycles. The standard InChI is InChI=1S/2C28H33F5N4.C28H32F5N3S/c2*1-3-28(32,33)16-37-17(2)11-24-25(20-7-4-5-8-23(20)35-24)27(37)26-21(30)12-18(13-22(26)31)34-19-14-36(15-19)10-6-9-29;1-3-28(32,33)16-36-17(2)11-24-25(20-7-4-5-8-23(20)37-24)27(36)26-21(30)12-18(13-22(26)31)34-19-14-35(15-19)10-6-9-29/h2*4-5,7-8,12-13,17,19,27,34-35H,3,6,9-11,14-16H2,1-2H3;4-5,7-8,12-13,17,19,27,34H,3,6,9-11,14-16H2,1-2H3/t3*17-,27+/m100/s1. The predicted octanol–water partition coefficient (Wildman–Crippen LogP) is 19.6. The second-order valence-electron chi connectivity index (χ2n) is 31.1. The molecule has 3 saturated heterocycles. The molecule has 0 radical (unpaired) electrons. The van der Waals surface area contributed by atoms with Crippen LogP contribution in [0.2, 0.25) is 0 Å². The zero-order valence-corrected chi connectivity index (χ0v) is 64.1. The van der Waals surface area contributed by atoms with Crippen molar-refractivity contribution in [1.29, 1.82) is 0 Å². The minimum absolute atomic E-state index is 0.0129. The van der Waals surface area contributed by atoms with Crippen molar-refractivity contribution in [1.82, 2.24) is 39.4 Å². The van der Waals surface area contributed by atoms with E-state index in [0.29, 0.717) is 126 Å². The van der Waals surface area contributed by atoms with Crippen molar-refractivity contribution in [3.05, 3.63) is 194 Å². The summed E-state index contributed by atoms with van der Waals surface area (Å²) in [6, 6.07) is 26.2. The van der Waals surface area contributed by atoms with Crippen molar-refractivity contribution >= 4 is 60.3 Å². The number of benzene rings is 6. The van der Waals surface area contributed by atoms with E-state index in [1.54, 1.807) is 26.0 Å². The van der Waals surface area contributed by atoms with Crippen molar-refractivity contribution in [2.24, 2.45) is 0 Å². The molecule has 6 aliphatic heterocycles. The van der Waals surface area contributed by atoms with Gasteiger partial charge in [-0.3, -0.25) is 42.6 Å². The highest BCUT2D eigenvalue weighted by Crippen LogP contribution is 2.51. The van der Waals surface area contributed by atoms with E-state index in [1.165, 1.54) is 57.2 Å². The molecule has 0 bridgehead atoms. The van der Waals surface area contributed by atoms with Crippen LogP contribution in [-0.2, 0) is 19.3 Å². The quantitative estimate of drug-likeness (QED) is 0.0323. The Bertz CT molecular complexity index is 4150. The average Bonchev–Trinajstić information content (AvgIpc) is 1.65. The van der Waals surface area contributed by atoms with Gasteiger partial charge in [-0.1, -0.05) is 75.4 Å². The molecule has 111 heavy (non-hydrogen) atoms. The molecule has 11 nitrogen and oxygen atoms in total. The lowest BCUT2D eigenvalue weighted by atomic mass is 9.86. The summed E-state index contributed by atoms with van der Waals surface area (Å²) < 4.78 is 221. The van der Waals surface area contributed by atoms with Crippen LogP contribution in [0.4, 0.5) is 82.9 Å². The van der Waals surface area contributed by atoms with Gasteiger partial charge < -0.3 is 25.9 Å². The van der Waals surface area contributed by atoms with E-state index in [-0.39, 0.29) is 92.2 Å². The van der Waals surface area contributed by atoms with E-state index in [9.17, 15) is 39.5 Å². The summed E-state index contributed by atoms with van der Waals surface area (Å²) in [5.41, 5.74) is 5.62. The first-order chi connectivity index (χ1) is 53.1. The van der Waals surface area contributed by atoms with Crippen LogP contribution in [0.25, 0.3) is 31.9 Å². The van der Waals surface area contributed by atoms with Gasteiger partial charge in [-0.15, -0.1) is 11.3 Å². The topological polar surface area (TPSA) is 87.1 Å². The summed E-state index contributed by atoms with van der Waals surface area (Å²) in [7, 11) is 0. The van der Waals surface area contributed by atoms with Gasteiger partial charge in [0.2, 0.25) is 0 Å². The first-order valence-corrected chi connectivity index (χ1v) is 39.6. The third-order valence-electron chi connectivity index (χ3n) is 23.0. The van der Waals surface area contributed by atoms with Crippen molar-refractivity contribution in [2.45, 2.75) is 171 Å². The highest BCUT2D eigenvalue weighted by Gasteiger charge is 2.48. The third-order valence-corrected chi connectivity index (χ3v) is 24.2. The molecule has 27 heteroatoms. The zero-order valence-electron chi connectivity index (χ0n) is 63.3. The summed E-state index contributed by atoms with van der Waals surface area (Å²) in [5, 5.41) is 11.9. The number of anilines is 3. The molecule has 9 heterocycles. The first kappa shape index (κ1) is 81.5. The number of rotatable bonds is 27. The summed E-state index contributed by atoms with van der Waals surface area (Å²) in [5.74, 6) is -13.5. The van der Waals surface area contributed by atoms with Gasteiger partial charge in [-0.25, -0.2) is 52.7 Å². The SMILES string of the molecule is CCC(F)(F)CN1[C@@H](c2c(F)cc(NC3CN(CCCF)C3)cc2F)c2c([nH]c3ccccc23)C[C@@H]1C.CCC(F)(F)CN1[C@@H](c2c(F)cc(NC3CN(CCCF)C3)cc2F)c2c(sc3ccccc23)C[C@@H]1C.CCC(F)(F)CN1[C@H](c2c(F)cc(NC3CN(CCCF)C3)cc2F)c2c([nH]c3ccccc23)C[C@H]1C. The maximum Gasteiger partial charge on any atom is 0.260 e. The lowest BCUT2D eigenvalue weighted by molar-refractivity contribution is -0.0550. The predicted molar refractivity (Wildman–Crippen MR) is 412 cm³/mol. The fourth-order valence-corrected chi connectivity index (χ4v) is 18.5. The van der Waals surface area contributed by atoms with E-state index in [2.05, 4.69) is 40.6 Å². The number of thiophene rings is 1. The summed E-state index contributed by atoms with van der Waals surface area (Å²) in [6.45, 7) is 12.9. The number of nitrogens with one attached hydrogen (secondary N) is 5. The van der Waals surface area contributed by atoms with Crippen LogP contribution >= 0.6 is 11.3 Å². The Morgan fingerprint density at radius 1 is 0.396 bits per heavy atom. The number of halogens is 15. The number of aromatic nitrogens is 2. The summed E-state index contributed by atoms with van der Waals surface area (Å²) in [4.78, 5) is 18.6. The van der Waals surface area contributed by atoms with Gasteiger partial charge in [0, 0.05) is 197 Å². The van der Waals surface area contributed by atoms with Gasteiger partial charge in [0.1, 0.15) is 34.9 Å². The molecule has 5 N–H and O–H groups in total. The Morgan fingerprint density at radius 3 is 1.02 bits per heavy atom. The molecule has 3 fully saturated rings. The van der Waals surface area contributed by atoms with Crippen molar-refractivity contribution in [2.75, 3.05) is 115 Å². The number of alkyl halides is 9. The van der Waals surface area contributed by atoms with Crippen LogP contribution in [-0.4, -0.2) is 192 Å². The first-order valence-electron chi connectivity index (χ1n) is 38.8. The smallest absolute Gasteiger partial charge is 0.260 e.